The number of nitrogens with one attached hydrogen (secondary N) is 1. The number of hydrogen-bond acceptors (Lipinski definition) is 4. The van der Waals surface area contributed by atoms with Crippen LogP contribution in [0.3, 0.4) is 0 Å². The first kappa shape index (κ1) is 11.5. The van der Waals surface area contributed by atoms with Crippen LogP contribution < -0.4 is 4.72 Å². The fourth-order valence-electron chi connectivity index (χ4n) is 1.03. The number of nitrogens with zero attached hydrogens (tertiary/aromatic N) is 2. The average molecular weight is 272 g/mol. The molecule has 0 aliphatic rings. The van der Waals surface area contributed by atoms with Crippen LogP contribution in [0, 0.1) is 0 Å². The van der Waals surface area contributed by atoms with E-state index in [1.807, 2.05) is 30.3 Å². The molecular weight excluding hydrogens is 265 g/mol. The smallest absolute Gasteiger partial charge is 0.235 e. The number of benzene rings is 1. The molecule has 0 spiro atoms. The Morgan fingerprint density at radius 3 is 2.25 bits per heavy atom. The Morgan fingerprint density at radius 2 is 1.62 bits per heavy atom. The van der Waals surface area contributed by atoms with Gasteiger partial charge in [0.2, 0.25) is 5.95 Å². The Bertz CT molecular complexity index is 458. The number of aromatic nitrogens is 2. The Morgan fingerprint density at radius 1 is 1.00 bits per heavy atom. The van der Waals surface area contributed by atoms with E-state index in [0.717, 1.165) is 4.90 Å². The molecule has 1 aromatic carbocycles. The second kappa shape index (κ2) is 5.39. The van der Waals surface area contributed by atoms with Crippen molar-refractivity contribution < 1.29 is 0 Å². The van der Waals surface area contributed by atoms with Crippen LogP contribution in [0.4, 0.5) is 5.95 Å². The van der Waals surface area contributed by atoms with Crippen molar-refractivity contribution in [2.75, 3.05) is 4.72 Å². The van der Waals surface area contributed by atoms with Gasteiger partial charge in [-0.3, -0.25) is 4.72 Å². The van der Waals surface area contributed by atoms with Crippen molar-refractivity contribution in [1.29, 1.82) is 0 Å². The van der Waals surface area contributed by atoms with E-state index in [9.17, 15) is 0 Å². The third-order valence-corrected chi connectivity index (χ3v) is 2.85. The molecule has 16 heavy (non-hydrogen) atoms. The summed E-state index contributed by atoms with van der Waals surface area (Å²) < 4.78 is 2.97. The summed E-state index contributed by atoms with van der Waals surface area (Å²) in [5.41, 5.74) is 0. The molecule has 3 nitrogen and oxygen atoms in total. The monoisotopic (exact) mass is 271 g/mol. The molecular formula is C10H7Cl2N3S. The minimum Gasteiger partial charge on any atom is -0.294 e. The zero-order chi connectivity index (χ0) is 11.4. The Balaban J connectivity index is 2.05. The first-order valence-corrected chi connectivity index (χ1v) is 5.99. The van der Waals surface area contributed by atoms with Crippen LogP contribution in [0.1, 0.15) is 0 Å². The minimum atomic E-state index is 0.316. The molecule has 2 aromatic rings. The van der Waals surface area contributed by atoms with Crippen LogP contribution in [0.2, 0.25) is 10.3 Å². The highest BCUT2D eigenvalue weighted by molar-refractivity contribution is 8.00. The summed E-state index contributed by atoms with van der Waals surface area (Å²) in [7, 11) is 0. The normalized spacial score (nSPS) is 10.1. The first-order valence-electron chi connectivity index (χ1n) is 4.42. The lowest BCUT2D eigenvalue weighted by atomic mass is 10.4. The highest BCUT2D eigenvalue weighted by Crippen LogP contribution is 2.20. The molecule has 82 valence electrons. The second-order valence-electron chi connectivity index (χ2n) is 2.85. The summed E-state index contributed by atoms with van der Waals surface area (Å²) >= 11 is 12.9. The highest BCUT2D eigenvalue weighted by Gasteiger charge is 2.01. The van der Waals surface area contributed by atoms with Crippen LogP contribution in [0.5, 0.6) is 0 Å². The van der Waals surface area contributed by atoms with Crippen LogP contribution in [-0.2, 0) is 0 Å². The van der Waals surface area contributed by atoms with Gasteiger partial charge in [0.15, 0.2) is 0 Å². The van der Waals surface area contributed by atoms with E-state index in [1.165, 1.54) is 18.0 Å². The molecule has 0 saturated carbocycles. The number of halogens is 2. The van der Waals surface area contributed by atoms with Gasteiger partial charge in [-0.25, -0.2) is 9.97 Å². The lowest BCUT2D eigenvalue weighted by Gasteiger charge is -2.03. The van der Waals surface area contributed by atoms with Crippen molar-refractivity contribution >= 4 is 41.1 Å². The summed E-state index contributed by atoms with van der Waals surface area (Å²) in [5, 5.41) is 0.632. The quantitative estimate of drug-likeness (QED) is 0.679. The lowest BCUT2D eigenvalue weighted by molar-refractivity contribution is 1.18. The van der Waals surface area contributed by atoms with Crippen LogP contribution in [0.15, 0.2) is 41.3 Å². The van der Waals surface area contributed by atoms with E-state index >= 15 is 0 Å². The molecule has 6 heteroatoms. The van der Waals surface area contributed by atoms with Gasteiger partial charge in [0, 0.05) is 11.0 Å². The van der Waals surface area contributed by atoms with E-state index in [2.05, 4.69) is 14.7 Å². The van der Waals surface area contributed by atoms with Gasteiger partial charge in [0.25, 0.3) is 0 Å². The molecule has 0 aliphatic heterocycles. The van der Waals surface area contributed by atoms with Crippen LogP contribution >= 0.6 is 35.1 Å². The maximum absolute atomic E-state index is 5.75. The Kier molecular flexibility index (Phi) is 3.88. The molecule has 0 fully saturated rings. The van der Waals surface area contributed by atoms with Gasteiger partial charge in [0.05, 0.1) is 0 Å². The number of anilines is 1. The molecule has 1 aromatic heterocycles. The van der Waals surface area contributed by atoms with Crippen LogP contribution in [0.25, 0.3) is 0 Å². The fourth-order valence-corrected chi connectivity index (χ4v) is 2.05. The topological polar surface area (TPSA) is 37.8 Å². The van der Waals surface area contributed by atoms with Crippen molar-refractivity contribution in [3.63, 3.8) is 0 Å². The molecule has 0 aliphatic carbocycles. The summed E-state index contributed by atoms with van der Waals surface area (Å²) in [6, 6.07) is 11.3. The van der Waals surface area contributed by atoms with Crippen molar-refractivity contribution in [3.05, 3.63) is 46.7 Å². The third-order valence-electron chi connectivity index (χ3n) is 1.67. The predicted octanol–water partition coefficient (Wildman–Crippen LogP) is 3.90. The molecule has 0 saturated heterocycles. The van der Waals surface area contributed by atoms with Crippen molar-refractivity contribution in [1.82, 2.24) is 9.97 Å². The average Bonchev–Trinajstić information content (AvgIpc) is 2.27. The molecule has 1 N–H and O–H groups in total. The maximum Gasteiger partial charge on any atom is 0.235 e. The Labute approximate surface area is 107 Å². The highest BCUT2D eigenvalue weighted by atomic mass is 35.5. The van der Waals surface area contributed by atoms with Crippen molar-refractivity contribution in [2.45, 2.75) is 4.90 Å². The summed E-state index contributed by atoms with van der Waals surface area (Å²) in [6.45, 7) is 0. The minimum absolute atomic E-state index is 0.316. The molecule has 2 rings (SSSR count). The first-order chi connectivity index (χ1) is 7.74. The van der Waals surface area contributed by atoms with E-state index in [4.69, 9.17) is 23.2 Å². The molecule has 0 amide bonds. The molecule has 0 atom stereocenters. The molecule has 0 unspecified atom stereocenters. The molecule has 0 radical (unpaired) electrons. The summed E-state index contributed by atoms with van der Waals surface area (Å²) in [4.78, 5) is 9.03. The molecule has 0 bridgehead atoms. The zero-order valence-electron chi connectivity index (χ0n) is 8.02. The van der Waals surface area contributed by atoms with Gasteiger partial charge in [-0.15, -0.1) is 0 Å². The molecule has 1 heterocycles. The van der Waals surface area contributed by atoms with Crippen molar-refractivity contribution in [3.8, 4) is 0 Å². The fraction of sp³-hybridized carbons (Fsp3) is 0. The van der Waals surface area contributed by atoms with E-state index in [-0.39, 0.29) is 0 Å². The largest absolute Gasteiger partial charge is 0.294 e. The van der Waals surface area contributed by atoms with Gasteiger partial charge in [-0.1, -0.05) is 41.4 Å². The Hall–Kier alpha value is -0.970. The van der Waals surface area contributed by atoms with E-state index in [0.29, 0.717) is 16.3 Å². The summed E-state index contributed by atoms with van der Waals surface area (Å²) in [5.74, 6) is 0.395. The standard InChI is InChI=1S/C10H7Cl2N3S/c11-8-6-9(12)14-10(13-8)15-16-7-4-2-1-3-5-7/h1-6H,(H,13,14,15). The third kappa shape index (κ3) is 3.27. The predicted molar refractivity (Wildman–Crippen MR) is 68.0 cm³/mol. The SMILES string of the molecule is Clc1cc(Cl)nc(NSc2ccccc2)n1. The lowest BCUT2D eigenvalue weighted by Crippen LogP contribution is -1.94. The number of rotatable bonds is 3. The number of hydrogen-bond donors (Lipinski definition) is 1. The van der Waals surface area contributed by atoms with Gasteiger partial charge in [0.1, 0.15) is 10.3 Å². The van der Waals surface area contributed by atoms with Crippen molar-refractivity contribution in [2.24, 2.45) is 0 Å². The van der Waals surface area contributed by atoms with Gasteiger partial charge >= 0.3 is 0 Å². The van der Waals surface area contributed by atoms with Gasteiger partial charge < -0.3 is 0 Å². The van der Waals surface area contributed by atoms with Crippen LogP contribution in [-0.4, -0.2) is 9.97 Å². The van der Waals surface area contributed by atoms with Gasteiger partial charge in [-0.05, 0) is 24.1 Å². The maximum atomic E-state index is 5.75. The van der Waals surface area contributed by atoms with E-state index < -0.39 is 0 Å². The summed E-state index contributed by atoms with van der Waals surface area (Å²) in [6.07, 6.45) is 0. The van der Waals surface area contributed by atoms with E-state index in [1.54, 1.807) is 0 Å². The zero-order valence-corrected chi connectivity index (χ0v) is 10.4. The second-order valence-corrected chi connectivity index (χ2v) is 4.51. The van der Waals surface area contributed by atoms with Gasteiger partial charge in [-0.2, -0.15) is 0 Å².